The Morgan fingerprint density at radius 2 is 1.90 bits per heavy atom. The van der Waals surface area contributed by atoms with E-state index in [1.165, 1.54) is 0 Å². The van der Waals surface area contributed by atoms with E-state index in [2.05, 4.69) is 21.2 Å². The van der Waals surface area contributed by atoms with Crippen molar-refractivity contribution in [1.29, 1.82) is 0 Å². The maximum Gasteiger partial charge on any atom is 0.133 e. The fourth-order valence-electron chi connectivity index (χ4n) is 1.79. The smallest absolute Gasteiger partial charge is 0.133 e. The van der Waals surface area contributed by atoms with Crippen LogP contribution < -0.4 is 14.8 Å². The van der Waals surface area contributed by atoms with Crippen LogP contribution >= 0.6 is 15.9 Å². The number of aromatic hydroxyl groups is 1. The molecule has 0 aliphatic rings. The van der Waals surface area contributed by atoms with Crippen molar-refractivity contribution in [2.45, 2.75) is 6.54 Å². The molecule has 0 radical (unpaired) electrons. The molecule has 0 saturated carbocycles. The van der Waals surface area contributed by atoms with Crippen LogP contribution in [0.5, 0.6) is 17.2 Å². The van der Waals surface area contributed by atoms with Gasteiger partial charge in [0.1, 0.15) is 17.2 Å². The molecule has 0 amide bonds. The summed E-state index contributed by atoms with van der Waals surface area (Å²) < 4.78 is 11.1. The Hall–Kier alpha value is -1.88. The number of ether oxygens (including phenoxy) is 2. The molecule has 20 heavy (non-hydrogen) atoms. The van der Waals surface area contributed by atoms with E-state index >= 15 is 0 Å². The number of methoxy groups -OCH3 is 2. The predicted octanol–water partition coefficient (Wildman–Crippen LogP) is 3.78. The Morgan fingerprint density at radius 3 is 2.50 bits per heavy atom. The molecule has 0 heterocycles. The molecule has 4 nitrogen and oxygen atoms in total. The highest BCUT2D eigenvalue weighted by Crippen LogP contribution is 2.29. The van der Waals surface area contributed by atoms with Gasteiger partial charge in [0.25, 0.3) is 0 Å². The zero-order valence-electron chi connectivity index (χ0n) is 11.3. The molecule has 2 aromatic carbocycles. The van der Waals surface area contributed by atoms with Crippen molar-refractivity contribution >= 4 is 21.6 Å². The summed E-state index contributed by atoms with van der Waals surface area (Å²) >= 11 is 3.44. The predicted molar refractivity (Wildman–Crippen MR) is 82.7 cm³/mol. The van der Waals surface area contributed by atoms with E-state index in [4.69, 9.17) is 9.47 Å². The Labute approximate surface area is 126 Å². The topological polar surface area (TPSA) is 50.7 Å². The molecule has 0 saturated heterocycles. The zero-order valence-corrected chi connectivity index (χ0v) is 12.9. The monoisotopic (exact) mass is 337 g/mol. The minimum Gasteiger partial charge on any atom is -0.507 e. The van der Waals surface area contributed by atoms with Crippen LogP contribution in [0.2, 0.25) is 0 Å². The molecule has 0 aliphatic heterocycles. The lowest BCUT2D eigenvalue weighted by molar-refractivity contribution is 0.406. The van der Waals surface area contributed by atoms with E-state index in [-0.39, 0.29) is 5.75 Å². The SMILES string of the molecule is COc1ccc(CNc2ccc(OC)c(Br)c2)c(O)c1. The highest BCUT2D eigenvalue weighted by Gasteiger charge is 2.05. The maximum atomic E-state index is 9.89. The summed E-state index contributed by atoms with van der Waals surface area (Å²) in [5.74, 6) is 1.63. The van der Waals surface area contributed by atoms with E-state index in [1.807, 2.05) is 30.3 Å². The second-order valence-electron chi connectivity index (χ2n) is 4.20. The number of phenols is 1. The minimum absolute atomic E-state index is 0.212. The number of rotatable bonds is 5. The molecular formula is C15H16BrNO3. The lowest BCUT2D eigenvalue weighted by Gasteiger charge is -2.11. The summed E-state index contributed by atoms with van der Waals surface area (Å²) in [5, 5.41) is 13.1. The molecule has 5 heteroatoms. The average Bonchev–Trinajstić information content (AvgIpc) is 2.46. The highest BCUT2D eigenvalue weighted by molar-refractivity contribution is 9.10. The molecule has 2 aromatic rings. The van der Waals surface area contributed by atoms with Crippen LogP contribution in [0.25, 0.3) is 0 Å². The fourth-order valence-corrected chi connectivity index (χ4v) is 2.33. The van der Waals surface area contributed by atoms with Crippen LogP contribution in [0, 0.1) is 0 Å². The average molecular weight is 338 g/mol. The Bertz CT molecular complexity index is 602. The first kappa shape index (κ1) is 14.5. The minimum atomic E-state index is 0.212. The fraction of sp³-hybridized carbons (Fsp3) is 0.200. The van der Waals surface area contributed by atoms with E-state index in [1.54, 1.807) is 20.3 Å². The van der Waals surface area contributed by atoms with Gasteiger partial charge in [-0.3, -0.25) is 0 Å². The Balaban J connectivity index is 2.07. The molecule has 0 bridgehead atoms. The molecule has 2 rings (SSSR count). The quantitative estimate of drug-likeness (QED) is 0.871. The van der Waals surface area contributed by atoms with Gasteiger partial charge in [0.2, 0.25) is 0 Å². The van der Waals surface area contributed by atoms with Crippen molar-refractivity contribution in [3.05, 3.63) is 46.4 Å². The van der Waals surface area contributed by atoms with Gasteiger partial charge in [-0.1, -0.05) is 0 Å². The lowest BCUT2D eigenvalue weighted by Crippen LogP contribution is -2.00. The second kappa shape index (κ2) is 6.52. The molecule has 0 unspecified atom stereocenters. The van der Waals surface area contributed by atoms with Gasteiger partial charge in [-0.2, -0.15) is 0 Å². The number of halogens is 1. The van der Waals surface area contributed by atoms with E-state index in [0.717, 1.165) is 21.5 Å². The molecule has 0 aliphatic carbocycles. The van der Waals surface area contributed by atoms with Gasteiger partial charge in [-0.15, -0.1) is 0 Å². The van der Waals surface area contributed by atoms with Gasteiger partial charge >= 0.3 is 0 Å². The van der Waals surface area contributed by atoms with Crippen LogP contribution in [0.15, 0.2) is 40.9 Å². The lowest BCUT2D eigenvalue weighted by atomic mass is 10.2. The van der Waals surface area contributed by atoms with Gasteiger partial charge in [-0.05, 0) is 46.3 Å². The molecule has 0 aromatic heterocycles. The van der Waals surface area contributed by atoms with Crippen LogP contribution in [0.4, 0.5) is 5.69 Å². The summed E-state index contributed by atoms with van der Waals surface area (Å²) in [4.78, 5) is 0. The molecule has 106 valence electrons. The number of benzene rings is 2. The first-order valence-corrected chi connectivity index (χ1v) is 6.86. The van der Waals surface area contributed by atoms with E-state index in [9.17, 15) is 5.11 Å². The molecular weight excluding hydrogens is 322 g/mol. The zero-order chi connectivity index (χ0) is 14.5. The molecule has 0 fully saturated rings. The second-order valence-corrected chi connectivity index (χ2v) is 5.05. The van der Waals surface area contributed by atoms with Crippen molar-refractivity contribution in [3.8, 4) is 17.2 Å². The third kappa shape index (κ3) is 3.36. The summed E-state index contributed by atoms with van der Waals surface area (Å²) in [6, 6.07) is 11.0. The number of nitrogens with one attached hydrogen (secondary N) is 1. The first-order chi connectivity index (χ1) is 9.63. The maximum absolute atomic E-state index is 9.89. The third-order valence-electron chi connectivity index (χ3n) is 2.93. The summed E-state index contributed by atoms with van der Waals surface area (Å²) in [7, 11) is 3.20. The summed E-state index contributed by atoms with van der Waals surface area (Å²) in [6.07, 6.45) is 0. The number of phenolic OH excluding ortho intramolecular Hbond substituents is 1. The van der Waals surface area contributed by atoms with Crippen molar-refractivity contribution in [2.75, 3.05) is 19.5 Å². The van der Waals surface area contributed by atoms with E-state index in [0.29, 0.717) is 12.3 Å². The van der Waals surface area contributed by atoms with Crippen molar-refractivity contribution in [3.63, 3.8) is 0 Å². The Morgan fingerprint density at radius 1 is 1.10 bits per heavy atom. The summed E-state index contributed by atoms with van der Waals surface area (Å²) in [5.41, 5.74) is 1.74. The summed E-state index contributed by atoms with van der Waals surface area (Å²) in [6.45, 7) is 0.522. The largest absolute Gasteiger partial charge is 0.507 e. The third-order valence-corrected chi connectivity index (χ3v) is 3.55. The number of hydrogen-bond donors (Lipinski definition) is 2. The highest BCUT2D eigenvalue weighted by atomic mass is 79.9. The van der Waals surface area contributed by atoms with Gasteiger partial charge < -0.3 is 19.9 Å². The first-order valence-electron chi connectivity index (χ1n) is 6.07. The van der Waals surface area contributed by atoms with Gasteiger partial charge in [0.15, 0.2) is 0 Å². The molecule has 2 N–H and O–H groups in total. The van der Waals surface area contributed by atoms with Gasteiger partial charge in [0, 0.05) is 23.9 Å². The normalized spacial score (nSPS) is 10.2. The van der Waals surface area contributed by atoms with Gasteiger partial charge in [-0.25, -0.2) is 0 Å². The van der Waals surface area contributed by atoms with Crippen molar-refractivity contribution < 1.29 is 14.6 Å². The van der Waals surface area contributed by atoms with Crippen LogP contribution in [0.1, 0.15) is 5.56 Å². The van der Waals surface area contributed by atoms with Crippen molar-refractivity contribution in [1.82, 2.24) is 0 Å². The molecule has 0 atom stereocenters. The van der Waals surface area contributed by atoms with Gasteiger partial charge in [0.05, 0.1) is 18.7 Å². The molecule has 0 spiro atoms. The van der Waals surface area contributed by atoms with Crippen LogP contribution in [-0.4, -0.2) is 19.3 Å². The number of hydrogen-bond acceptors (Lipinski definition) is 4. The van der Waals surface area contributed by atoms with E-state index < -0.39 is 0 Å². The number of anilines is 1. The van der Waals surface area contributed by atoms with Crippen LogP contribution in [0.3, 0.4) is 0 Å². The van der Waals surface area contributed by atoms with Crippen LogP contribution in [-0.2, 0) is 6.54 Å². The Kier molecular flexibility index (Phi) is 4.74. The standard InChI is InChI=1S/C15H16BrNO3/c1-19-12-5-3-10(14(18)8-12)9-17-11-4-6-15(20-2)13(16)7-11/h3-8,17-18H,9H2,1-2H3. The van der Waals surface area contributed by atoms with Crippen molar-refractivity contribution in [2.24, 2.45) is 0 Å².